The minimum absolute atomic E-state index is 0.300. The molecule has 0 saturated carbocycles. The number of nitrogens with one attached hydrogen (secondary N) is 1. The lowest BCUT2D eigenvalue weighted by Gasteiger charge is -2.23. The van der Waals surface area contributed by atoms with Gasteiger partial charge in [0.05, 0.1) is 19.3 Å². The van der Waals surface area contributed by atoms with Crippen molar-refractivity contribution >= 4 is 11.7 Å². The second-order valence-electron chi connectivity index (χ2n) is 5.00. The number of rotatable bonds is 4. The third kappa shape index (κ3) is 3.70. The molecule has 19 heavy (non-hydrogen) atoms. The van der Waals surface area contributed by atoms with Gasteiger partial charge in [0.25, 0.3) is 0 Å². The quantitative estimate of drug-likeness (QED) is 0.848. The van der Waals surface area contributed by atoms with Gasteiger partial charge in [-0.15, -0.1) is 0 Å². The second-order valence-corrected chi connectivity index (χ2v) is 5.00. The smallest absolute Gasteiger partial charge is 0.339 e. The van der Waals surface area contributed by atoms with E-state index >= 15 is 0 Å². The topological polar surface area (TPSA) is 47.6 Å². The van der Waals surface area contributed by atoms with Gasteiger partial charge in [-0.25, -0.2) is 4.79 Å². The molecule has 1 aromatic carbocycles. The summed E-state index contributed by atoms with van der Waals surface area (Å²) in [6, 6.07) is 5.78. The van der Waals surface area contributed by atoms with Crippen molar-refractivity contribution in [3.05, 3.63) is 29.3 Å². The van der Waals surface area contributed by atoms with E-state index in [2.05, 4.69) is 5.32 Å². The van der Waals surface area contributed by atoms with Crippen molar-refractivity contribution in [3.63, 3.8) is 0 Å². The molecule has 1 N–H and O–H groups in total. The van der Waals surface area contributed by atoms with E-state index in [-0.39, 0.29) is 5.97 Å². The van der Waals surface area contributed by atoms with Crippen LogP contribution in [0.5, 0.6) is 0 Å². The Morgan fingerprint density at radius 1 is 1.53 bits per heavy atom. The van der Waals surface area contributed by atoms with Gasteiger partial charge in [-0.3, -0.25) is 0 Å². The van der Waals surface area contributed by atoms with Gasteiger partial charge in [-0.05, 0) is 37.8 Å². The molecule has 1 aliphatic rings. The first-order chi connectivity index (χ1) is 9.20. The van der Waals surface area contributed by atoms with E-state index in [4.69, 9.17) is 9.47 Å². The summed E-state index contributed by atoms with van der Waals surface area (Å²) in [4.78, 5) is 11.8. The Hall–Kier alpha value is -1.55. The Morgan fingerprint density at radius 2 is 2.37 bits per heavy atom. The molecule has 0 spiro atoms. The molecule has 1 aliphatic heterocycles. The number of carbonyl (C=O) groups is 1. The molecule has 4 heteroatoms. The van der Waals surface area contributed by atoms with Crippen molar-refractivity contribution in [1.82, 2.24) is 0 Å². The summed E-state index contributed by atoms with van der Waals surface area (Å²) in [7, 11) is 1.41. The minimum atomic E-state index is -0.300. The van der Waals surface area contributed by atoms with Crippen LogP contribution in [0.2, 0.25) is 0 Å². The molecule has 1 fully saturated rings. The monoisotopic (exact) mass is 263 g/mol. The van der Waals surface area contributed by atoms with E-state index in [1.54, 1.807) is 0 Å². The van der Waals surface area contributed by atoms with Crippen LogP contribution >= 0.6 is 0 Å². The Labute approximate surface area is 114 Å². The number of benzene rings is 1. The van der Waals surface area contributed by atoms with Gasteiger partial charge in [0.2, 0.25) is 0 Å². The van der Waals surface area contributed by atoms with Crippen LogP contribution in [-0.2, 0) is 9.47 Å². The van der Waals surface area contributed by atoms with E-state index < -0.39 is 0 Å². The van der Waals surface area contributed by atoms with Crippen LogP contribution in [0.3, 0.4) is 0 Å². The van der Waals surface area contributed by atoms with Gasteiger partial charge in [0, 0.05) is 18.8 Å². The van der Waals surface area contributed by atoms with Crippen molar-refractivity contribution in [1.29, 1.82) is 0 Å². The first kappa shape index (κ1) is 13.9. The average Bonchev–Trinajstić information content (AvgIpc) is 2.46. The van der Waals surface area contributed by atoms with E-state index in [9.17, 15) is 4.79 Å². The predicted octanol–water partition coefficient (Wildman–Crippen LogP) is 2.62. The highest BCUT2D eigenvalue weighted by Gasteiger charge is 2.16. The zero-order chi connectivity index (χ0) is 13.7. The normalized spacial score (nSPS) is 18.9. The van der Waals surface area contributed by atoms with Crippen LogP contribution < -0.4 is 5.32 Å². The van der Waals surface area contributed by atoms with Crippen molar-refractivity contribution < 1.29 is 14.3 Å². The van der Waals surface area contributed by atoms with Crippen molar-refractivity contribution in [3.8, 4) is 0 Å². The van der Waals surface area contributed by atoms with Crippen LogP contribution in [0.15, 0.2) is 18.2 Å². The molecular weight excluding hydrogens is 242 g/mol. The van der Waals surface area contributed by atoms with Gasteiger partial charge in [-0.2, -0.15) is 0 Å². The molecular formula is C15H21NO3. The van der Waals surface area contributed by atoms with E-state index in [1.165, 1.54) is 13.5 Å². The molecule has 4 nitrogen and oxygen atoms in total. The lowest BCUT2D eigenvalue weighted by Crippen LogP contribution is -2.25. The van der Waals surface area contributed by atoms with E-state index in [0.717, 1.165) is 37.4 Å². The van der Waals surface area contributed by atoms with Gasteiger partial charge < -0.3 is 14.8 Å². The fraction of sp³-hybridized carbons (Fsp3) is 0.533. The summed E-state index contributed by atoms with van der Waals surface area (Å²) in [6.07, 6.45) is 2.29. The fourth-order valence-corrected chi connectivity index (χ4v) is 2.31. The molecule has 1 atom stereocenters. The number of methoxy groups -OCH3 is 1. The van der Waals surface area contributed by atoms with Crippen LogP contribution in [-0.4, -0.2) is 32.8 Å². The van der Waals surface area contributed by atoms with Crippen molar-refractivity contribution in [2.75, 3.05) is 32.2 Å². The Balaban J connectivity index is 2.04. The minimum Gasteiger partial charge on any atom is -0.465 e. The zero-order valence-electron chi connectivity index (χ0n) is 11.6. The van der Waals surface area contributed by atoms with E-state index in [1.807, 2.05) is 25.1 Å². The zero-order valence-corrected chi connectivity index (χ0v) is 11.6. The highest BCUT2D eigenvalue weighted by Crippen LogP contribution is 2.20. The van der Waals surface area contributed by atoms with Gasteiger partial charge in [-0.1, -0.05) is 11.6 Å². The van der Waals surface area contributed by atoms with Crippen LogP contribution in [0.4, 0.5) is 5.69 Å². The maximum Gasteiger partial charge on any atom is 0.339 e. The van der Waals surface area contributed by atoms with Crippen LogP contribution in [0.25, 0.3) is 0 Å². The number of carbonyl (C=O) groups excluding carboxylic acids is 1. The number of ether oxygens (including phenoxy) is 2. The molecule has 1 heterocycles. The highest BCUT2D eigenvalue weighted by molar-refractivity contribution is 5.95. The Morgan fingerprint density at radius 3 is 3.05 bits per heavy atom. The SMILES string of the molecule is COC(=O)c1cc(C)ccc1NCC1CCCOC1. The van der Waals surface area contributed by atoms with Crippen molar-refractivity contribution in [2.24, 2.45) is 5.92 Å². The number of aryl methyl sites for hydroxylation is 1. The molecule has 0 aromatic heterocycles. The molecule has 0 radical (unpaired) electrons. The van der Waals surface area contributed by atoms with Crippen molar-refractivity contribution in [2.45, 2.75) is 19.8 Å². The summed E-state index contributed by atoms with van der Waals surface area (Å²) in [6.45, 7) is 4.46. The Bertz CT molecular complexity index is 439. The maximum atomic E-state index is 11.8. The van der Waals surface area contributed by atoms with E-state index in [0.29, 0.717) is 11.5 Å². The number of esters is 1. The first-order valence-electron chi connectivity index (χ1n) is 6.71. The summed E-state index contributed by atoms with van der Waals surface area (Å²) in [5.41, 5.74) is 2.48. The lowest BCUT2D eigenvalue weighted by molar-refractivity contribution is 0.0592. The molecule has 1 aromatic rings. The largest absolute Gasteiger partial charge is 0.465 e. The first-order valence-corrected chi connectivity index (χ1v) is 6.71. The van der Waals surface area contributed by atoms with Gasteiger partial charge >= 0.3 is 5.97 Å². The summed E-state index contributed by atoms with van der Waals surface area (Å²) in [5, 5.41) is 3.34. The fourth-order valence-electron chi connectivity index (χ4n) is 2.31. The molecule has 1 saturated heterocycles. The number of hydrogen-bond acceptors (Lipinski definition) is 4. The maximum absolute atomic E-state index is 11.8. The van der Waals surface area contributed by atoms with Gasteiger partial charge in [0.1, 0.15) is 0 Å². The predicted molar refractivity (Wildman–Crippen MR) is 74.6 cm³/mol. The molecule has 1 unspecified atom stereocenters. The third-order valence-electron chi connectivity index (χ3n) is 3.42. The summed E-state index contributed by atoms with van der Waals surface area (Å²) >= 11 is 0. The number of hydrogen-bond donors (Lipinski definition) is 1. The Kier molecular flexibility index (Phi) is 4.80. The lowest BCUT2D eigenvalue weighted by atomic mass is 10.0. The van der Waals surface area contributed by atoms with Crippen LogP contribution in [0.1, 0.15) is 28.8 Å². The second kappa shape index (κ2) is 6.57. The molecule has 0 bridgehead atoms. The standard InChI is InChI=1S/C15H21NO3/c1-11-5-6-14(13(8-11)15(17)18-2)16-9-12-4-3-7-19-10-12/h5-6,8,12,16H,3-4,7,9-10H2,1-2H3. The van der Waals surface area contributed by atoms with Crippen LogP contribution in [0, 0.1) is 12.8 Å². The van der Waals surface area contributed by atoms with Gasteiger partial charge in [0.15, 0.2) is 0 Å². The molecule has 0 aliphatic carbocycles. The molecule has 2 rings (SSSR count). The highest BCUT2D eigenvalue weighted by atomic mass is 16.5. The number of anilines is 1. The third-order valence-corrected chi connectivity index (χ3v) is 3.42. The summed E-state index contributed by atoms with van der Waals surface area (Å²) < 4.78 is 10.3. The molecule has 0 amide bonds. The summed E-state index contributed by atoms with van der Waals surface area (Å²) in [5.74, 6) is 0.214. The molecule has 104 valence electrons. The average molecular weight is 263 g/mol.